The summed E-state index contributed by atoms with van der Waals surface area (Å²) in [5.74, 6) is 0. The van der Waals surface area contributed by atoms with Crippen LogP contribution < -0.4 is 5.32 Å². The Kier molecular flexibility index (Phi) is 3.60. The van der Waals surface area contributed by atoms with Crippen molar-refractivity contribution in [3.63, 3.8) is 0 Å². The van der Waals surface area contributed by atoms with Crippen LogP contribution in [0, 0.1) is 6.92 Å². The Morgan fingerprint density at radius 1 is 1.29 bits per heavy atom. The van der Waals surface area contributed by atoms with Crippen molar-refractivity contribution >= 4 is 16.7 Å². The second-order valence-corrected chi connectivity index (χ2v) is 5.24. The van der Waals surface area contributed by atoms with E-state index in [4.69, 9.17) is 0 Å². The van der Waals surface area contributed by atoms with Crippen LogP contribution in [-0.4, -0.2) is 24.3 Å². The fraction of sp³-hybridized carbons (Fsp3) is 0.400. The van der Waals surface area contributed by atoms with Gasteiger partial charge in [-0.25, -0.2) is 9.97 Å². The lowest BCUT2D eigenvalue weighted by Crippen LogP contribution is -2.07. The van der Waals surface area contributed by atoms with Crippen molar-refractivity contribution in [3.05, 3.63) is 36.2 Å². The van der Waals surface area contributed by atoms with Crippen molar-refractivity contribution in [1.82, 2.24) is 24.3 Å². The molecule has 6 heteroatoms. The third-order valence-corrected chi connectivity index (χ3v) is 3.60. The molecule has 0 fully saturated rings. The van der Waals surface area contributed by atoms with Crippen molar-refractivity contribution < 1.29 is 0 Å². The minimum atomic E-state index is 0.743. The van der Waals surface area contributed by atoms with Crippen LogP contribution in [0.3, 0.4) is 0 Å². The Hall–Kier alpha value is -2.37. The van der Waals surface area contributed by atoms with Crippen molar-refractivity contribution in [2.45, 2.75) is 33.4 Å². The van der Waals surface area contributed by atoms with E-state index in [1.165, 1.54) is 5.69 Å². The summed E-state index contributed by atoms with van der Waals surface area (Å²) in [6.07, 6.45) is 6.74. The van der Waals surface area contributed by atoms with E-state index in [-0.39, 0.29) is 0 Å². The van der Waals surface area contributed by atoms with Crippen LogP contribution in [0.1, 0.15) is 24.7 Å². The summed E-state index contributed by atoms with van der Waals surface area (Å²) in [4.78, 5) is 8.69. The second-order valence-electron chi connectivity index (χ2n) is 5.24. The standard InChI is InChI=1S/C15H20N6/c1-4-5-21-10-16-8-13(21)9-17-12-6-14-11(2)19-20(3)15(14)18-7-12/h6-8,10,17H,4-5,9H2,1-3H3. The van der Waals surface area contributed by atoms with Gasteiger partial charge in [-0.3, -0.25) is 4.68 Å². The summed E-state index contributed by atoms with van der Waals surface area (Å²) >= 11 is 0. The highest BCUT2D eigenvalue weighted by Gasteiger charge is 2.07. The maximum Gasteiger partial charge on any atom is 0.157 e. The molecule has 6 nitrogen and oxygen atoms in total. The van der Waals surface area contributed by atoms with Crippen LogP contribution in [0.2, 0.25) is 0 Å². The molecule has 1 N–H and O–H groups in total. The summed E-state index contributed by atoms with van der Waals surface area (Å²) in [6.45, 7) is 5.91. The van der Waals surface area contributed by atoms with E-state index >= 15 is 0 Å². The van der Waals surface area contributed by atoms with E-state index in [0.29, 0.717) is 0 Å². The maximum absolute atomic E-state index is 4.48. The van der Waals surface area contributed by atoms with E-state index in [2.05, 4.69) is 37.9 Å². The average molecular weight is 284 g/mol. The molecule has 0 aliphatic rings. The largest absolute Gasteiger partial charge is 0.378 e. The van der Waals surface area contributed by atoms with Crippen molar-refractivity contribution in [1.29, 1.82) is 0 Å². The number of hydrogen-bond donors (Lipinski definition) is 1. The van der Waals surface area contributed by atoms with Gasteiger partial charge in [-0.05, 0) is 19.4 Å². The molecule has 0 aromatic carbocycles. The summed E-state index contributed by atoms with van der Waals surface area (Å²) in [5, 5.41) is 8.89. The fourth-order valence-electron chi connectivity index (χ4n) is 2.53. The second kappa shape index (κ2) is 5.55. The monoisotopic (exact) mass is 284 g/mol. The van der Waals surface area contributed by atoms with Gasteiger partial charge in [0.05, 0.1) is 36.1 Å². The van der Waals surface area contributed by atoms with Crippen LogP contribution in [0.15, 0.2) is 24.8 Å². The molecule has 0 bridgehead atoms. The Morgan fingerprint density at radius 2 is 2.14 bits per heavy atom. The summed E-state index contributed by atoms with van der Waals surface area (Å²) < 4.78 is 3.99. The molecule has 0 unspecified atom stereocenters. The van der Waals surface area contributed by atoms with Gasteiger partial charge in [0, 0.05) is 25.2 Å². The van der Waals surface area contributed by atoms with Gasteiger partial charge in [-0.1, -0.05) is 6.92 Å². The first-order chi connectivity index (χ1) is 10.2. The lowest BCUT2D eigenvalue weighted by molar-refractivity contribution is 0.651. The van der Waals surface area contributed by atoms with Gasteiger partial charge in [0.15, 0.2) is 5.65 Å². The van der Waals surface area contributed by atoms with Gasteiger partial charge in [0.25, 0.3) is 0 Å². The zero-order chi connectivity index (χ0) is 14.8. The van der Waals surface area contributed by atoms with Gasteiger partial charge in [0.1, 0.15) is 0 Å². The number of anilines is 1. The van der Waals surface area contributed by atoms with E-state index in [9.17, 15) is 0 Å². The molecule has 21 heavy (non-hydrogen) atoms. The Labute approximate surface area is 123 Å². The van der Waals surface area contributed by atoms with Crippen molar-refractivity contribution in [3.8, 4) is 0 Å². The summed E-state index contributed by atoms with van der Waals surface area (Å²) in [6, 6.07) is 2.10. The molecule has 0 spiro atoms. The van der Waals surface area contributed by atoms with E-state index in [1.54, 1.807) is 0 Å². The molecule has 0 aliphatic heterocycles. The van der Waals surface area contributed by atoms with Gasteiger partial charge >= 0.3 is 0 Å². The topological polar surface area (TPSA) is 60.6 Å². The fourth-order valence-corrected chi connectivity index (χ4v) is 2.53. The van der Waals surface area contributed by atoms with Crippen molar-refractivity contribution in [2.24, 2.45) is 7.05 Å². The van der Waals surface area contributed by atoms with Crippen LogP contribution in [0.25, 0.3) is 11.0 Å². The summed E-state index contributed by atoms with van der Waals surface area (Å²) in [7, 11) is 1.92. The highest BCUT2D eigenvalue weighted by molar-refractivity contribution is 5.81. The Morgan fingerprint density at radius 3 is 2.95 bits per heavy atom. The Bertz CT molecular complexity index is 755. The minimum absolute atomic E-state index is 0.743. The van der Waals surface area contributed by atoms with Crippen LogP contribution in [-0.2, 0) is 20.1 Å². The molecular formula is C15H20N6. The molecule has 0 radical (unpaired) electrons. The molecule has 110 valence electrons. The number of aromatic nitrogens is 5. The maximum atomic E-state index is 4.48. The van der Waals surface area contributed by atoms with E-state index < -0.39 is 0 Å². The quantitative estimate of drug-likeness (QED) is 0.782. The highest BCUT2D eigenvalue weighted by Crippen LogP contribution is 2.19. The average Bonchev–Trinajstić information content (AvgIpc) is 3.03. The van der Waals surface area contributed by atoms with E-state index in [1.807, 2.05) is 37.4 Å². The normalized spacial score (nSPS) is 11.2. The third-order valence-electron chi connectivity index (χ3n) is 3.60. The smallest absolute Gasteiger partial charge is 0.157 e. The van der Waals surface area contributed by atoms with Crippen LogP contribution in [0.4, 0.5) is 5.69 Å². The van der Waals surface area contributed by atoms with Crippen molar-refractivity contribution in [2.75, 3.05) is 5.32 Å². The molecule has 0 amide bonds. The van der Waals surface area contributed by atoms with Crippen LogP contribution in [0.5, 0.6) is 0 Å². The van der Waals surface area contributed by atoms with Gasteiger partial charge in [-0.2, -0.15) is 5.10 Å². The number of rotatable bonds is 5. The molecule has 0 aliphatic carbocycles. The first-order valence-corrected chi connectivity index (χ1v) is 7.21. The summed E-state index contributed by atoms with van der Waals surface area (Å²) in [5.41, 5.74) is 4.09. The lowest BCUT2D eigenvalue weighted by Gasteiger charge is -2.09. The highest BCUT2D eigenvalue weighted by atomic mass is 15.3. The molecule has 0 saturated carbocycles. The molecule has 3 rings (SSSR count). The third kappa shape index (κ3) is 2.61. The predicted octanol–water partition coefficient (Wildman–Crippen LogP) is 2.50. The number of pyridine rings is 1. The van der Waals surface area contributed by atoms with Gasteiger partial charge < -0.3 is 9.88 Å². The molecule has 3 aromatic rings. The van der Waals surface area contributed by atoms with E-state index in [0.717, 1.165) is 41.9 Å². The van der Waals surface area contributed by atoms with Gasteiger partial charge in [0.2, 0.25) is 0 Å². The minimum Gasteiger partial charge on any atom is -0.378 e. The number of hydrogen-bond acceptors (Lipinski definition) is 4. The SMILES string of the molecule is CCCn1cncc1CNc1cnc2c(c1)c(C)nn2C. The molecule has 0 atom stereocenters. The number of fused-ring (bicyclic) bond motifs is 1. The predicted molar refractivity (Wildman–Crippen MR) is 83.1 cm³/mol. The van der Waals surface area contributed by atoms with Crippen LogP contribution >= 0.6 is 0 Å². The zero-order valence-electron chi connectivity index (χ0n) is 12.7. The molecular weight excluding hydrogens is 264 g/mol. The Balaban J connectivity index is 1.79. The number of aryl methyl sites for hydroxylation is 3. The number of nitrogens with zero attached hydrogens (tertiary/aromatic N) is 5. The molecule has 3 aromatic heterocycles. The zero-order valence-corrected chi connectivity index (χ0v) is 12.7. The van der Waals surface area contributed by atoms with Gasteiger partial charge in [-0.15, -0.1) is 0 Å². The molecule has 3 heterocycles. The number of nitrogens with one attached hydrogen (secondary N) is 1. The number of imidazole rings is 1. The first-order valence-electron chi connectivity index (χ1n) is 7.21. The molecule has 0 saturated heterocycles. The lowest BCUT2D eigenvalue weighted by atomic mass is 10.2. The first kappa shape index (κ1) is 13.6.